The molecule has 0 heterocycles. The molecule has 0 aromatic rings. The average molecular weight is 275 g/mol. The van der Waals surface area contributed by atoms with Crippen LogP contribution in [0, 0.1) is 16.0 Å². The molecule has 0 aromatic carbocycles. The van der Waals surface area contributed by atoms with Gasteiger partial charge in [-0.25, -0.2) is 0 Å². The molecule has 0 saturated heterocycles. The second-order valence-electron chi connectivity index (χ2n) is 4.54. The van der Waals surface area contributed by atoms with E-state index in [4.69, 9.17) is 0 Å². The summed E-state index contributed by atoms with van der Waals surface area (Å²) in [7, 11) is 2.48. The van der Waals surface area contributed by atoms with Crippen molar-refractivity contribution in [3.8, 4) is 0 Å². The fraction of sp³-hybridized carbons (Fsp3) is 0.833. The highest BCUT2D eigenvalue weighted by Gasteiger charge is 2.43. The number of methoxy groups -OCH3 is 2. The number of ether oxygens (including phenoxy) is 2. The van der Waals surface area contributed by atoms with Gasteiger partial charge in [0, 0.05) is 24.2 Å². The van der Waals surface area contributed by atoms with Crippen molar-refractivity contribution in [3.63, 3.8) is 0 Å². The monoisotopic (exact) mass is 275 g/mol. The van der Waals surface area contributed by atoms with E-state index in [2.05, 4.69) is 9.47 Å². The van der Waals surface area contributed by atoms with Gasteiger partial charge < -0.3 is 9.47 Å². The van der Waals surface area contributed by atoms with Crippen LogP contribution in [0.3, 0.4) is 0 Å². The topological polar surface area (TPSA) is 95.7 Å². The van der Waals surface area contributed by atoms with Gasteiger partial charge in [0.15, 0.2) is 0 Å². The first kappa shape index (κ1) is 17.3. The number of nitrogens with zero attached hydrogens (tertiary/aromatic N) is 1. The minimum absolute atomic E-state index is 0.0418. The highest BCUT2D eigenvalue weighted by molar-refractivity contribution is 5.72. The Labute approximate surface area is 112 Å². The minimum atomic E-state index is -1.30. The Morgan fingerprint density at radius 2 is 1.89 bits per heavy atom. The van der Waals surface area contributed by atoms with Gasteiger partial charge in [0.25, 0.3) is 0 Å². The largest absolute Gasteiger partial charge is 0.469 e. The first-order valence-electron chi connectivity index (χ1n) is 6.12. The number of hydrogen-bond donors (Lipinski definition) is 0. The first-order chi connectivity index (χ1) is 8.82. The van der Waals surface area contributed by atoms with E-state index < -0.39 is 28.3 Å². The molecule has 0 amide bonds. The van der Waals surface area contributed by atoms with Crippen molar-refractivity contribution < 1.29 is 24.0 Å². The molecule has 2 unspecified atom stereocenters. The molecule has 0 N–H and O–H groups in total. The Kier molecular flexibility index (Phi) is 7.03. The zero-order valence-corrected chi connectivity index (χ0v) is 11.8. The lowest BCUT2D eigenvalue weighted by molar-refractivity contribution is -0.574. The van der Waals surface area contributed by atoms with E-state index >= 15 is 0 Å². The number of hydrogen-bond acceptors (Lipinski definition) is 6. The van der Waals surface area contributed by atoms with Crippen LogP contribution in [0.4, 0.5) is 0 Å². The molecule has 0 aliphatic carbocycles. The lowest BCUT2D eigenvalue weighted by atomic mass is 9.82. The van der Waals surface area contributed by atoms with Gasteiger partial charge in [-0.05, 0) is 0 Å². The number of rotatable bonds is 8. The first-order valence-corrected chi connectivity index (χ1v) is 6.12. The Bertz CT molecular complexity index is 343. The number of esters is 2. The van der Waals surface area contributed by atoms with Gasteiger partial charge in [0.05, 0.1) is 26.6 Å². The van der Waals surface area contributed by atoms with Gasteiger partial charge in [-0.1, -0.05) is 13.8 Å². The molecule has 0 bridgehead atoms. The Morgan fingerprint density at radius 1 is 1.32 bits per heavy atom. The van der Waals surface area contributed by atoms with Gasteiger partial charge in [-0.3, -0.25) is 19.7 Å². The molecular formula is C12H21NO6. The maximum Gasteiger partial charge on any atom is 0.308 e. The van der Waals surface area contributed by atoms with Crippen LogP contribution in [0.15, 0.2) is 0 Å². The smallest absolute Gasteiger partial charge is 0.308 e. The third-order valence-electron chi connectivity index (χ3n) is 3.36. The predicted molar refractivity (Wildman–Crippen MR) is 67.1 cm³/mol. The number of carbonyl (C=O) groups is 2. The summed E-state index contributed by atoms with van der Waals surface area (Å²) < 4.78 is 9.07. The minimum Gasteiger partial charge on any atom is -0.469 e. The third kappa shape index (κ3) is 4.84. The Hall–Kier alpha value is -1.66. The van der Waals surface area contributed by atoms with Crippen molar-refractivity contribution in [1.29, 1.82) is 0 Å². The molecule has 0 saturated carbocycles. The molecule has 0 radical (unpaired) electrons. The fourth-order valence-electron chi connectivity index (χ4n) is 2.01. The zero-order chi connectivity index (χ0) is 15.1. The molecule has 2 atom stereocenters. The number of nitro groups is 1. The van der Waals surface area contributed by atoms with E-state index in [-0.39, 0.29) is 25.7 Å². The summed E-state index contributed by atoms with van der Waals surface area (Å²) in [5.74, 6) is -1.57. The molecule has 0 aromatic heterocycles. The molecule has 7 heteroatoms. The summed E-state index contributed by atoms with van der Waals surface area (Å²) >= 11 is 0. The number of carbonyl (C=O) groups excluding carboxylic acids is 2. The average Bonchev–Trinajstić information content (AvgIpc) is 2.41. The van der Waals surface area contributed by atoms with Crippen molar-refractivity contribution >= 4 is 11.9 Å². The quantitative estimate of drug-likeness (QED) is 0.379. The highest BCUT2D eigenvalue weighted by atomic mass is 16.6. The van der Waals surface area contributed by atoms with Crippen LogP contribution in [0.1, 0.15) is 39.5 Å². The van der Waals surface area contributed by atoms with Crippen molar-refractivity contribution in [2.45, 2.75) is 45.1 Å². The Balaban J connectivity index is 4.91. The fourth-order valence-corrected chi connectivity index (χ4v) is 2.01. The predicted octanol–water partition coefficient (Wildman–Crippen LogP) is 1.56. The van der Waals surface area contributed by atoms with E-state index in [1.165, 1.54) is 14.2 Å². The van der Waals surface area contributed by atoms with Crippen LogP contribution < -0.4 is 0 Å². The normalized spacial score (nSPS) is 15.2. The summed E-state index contributed by atoms with van der Waals surface area (Å²) in [5, 5.41) is 11.3. The highest BCUT2D eigenvalue weighted by Crippen LogP contribution is 2.30. The van der Waals surface area contributed by atoms with Gasteiger partial charge in [-0.15, -0.1) is 0 Å². The molecule has 110 valence electrons. The van der Waals surface area contributed by atoms with Crippen LogP contribution in [0.2, 0.25) is 0 Å². The van der Waals surface area contributed by atoms with Gasteiger partial charge in [0.2, 0.25) is 5.54 Å². The molecule has 0 spiro atoms. The molecule has 7 nitrogen and oxygen atoms in total. The molecule has 19 heavy (non-hydrogen) atoms. The summed E-state index contributed by atoms with van der Waals surface area (Å²) in [6.45, 7) is 3.25. The molecule has 0 aliphatic heterocycles. The van der Waals surface area contributed by atoms with E-state index in [0.29, 0.717) is 0 Å². The van der Waals surface area contributed by atoms with Gasteiger partial charge in [0.1, 0.15) is 0 Å². The second-order valence-corrected chi connectivity index (χ2v) is 4.54. The SMILES string of the molecule is CCC(CCC(=O)OC)(CC(C)C(=O)OC)[N+](=O)[O-]. The van der Waals surface area contributed by atoms with Gasteiger partial charge >= 0.3 is 11.9 Å². The zero-order valence-electron chi connectivity index (χ0n) is 11.8. The standard InChI is InChI=1S/C12H21NO6/c1-5-12(13(16)17,7-6-10(14)18-3)8-9(2)11(15)19-4/h9H,5-8H2,1-4H3. The maximum absolute atomic E-state index is 11.4. The lowest BCUT2D eigenvalue weighted by Gasteiger charge is -2.25. The van der Waals surface area contributed by atoms with E-state index in [1.807, 2.05) is 0 Å². The molecule has 0 rings (SSSR count). The van der Waals surface area contributed by atoms with Crippen LogP contribution in [-0.4, -0.2) is 36.6 Å². The molecular weight excluding hydrogens is 254 g/mol. The molecule has 0 aliphatic rings. The van der Waals surface area contributed by atoms with Crippen LogP contribution >= 0.6 is 0 Å². The van der Waals surface area contributed by atoms with Gasteiger partial charge in [-0.2, -0.15) is 0 Å². The van der Waals surface area contributed by atoms with Crippen molar-refractivity contribution in [2.75, 3.05) is 14.2 Å². The summed E-state index contributed by atoms with van der Waals surface area (Å²) in [5.41, 5.74) is -1.30. The van der Waals surface area contributed by atoms with E-state index in [9.17, 15) is 19.7 Å². The van der Waals surface area contributed by atoms with E-state index in [1.54, 1.807) is 13.8 Å². The van der Waals surface area contributed by atoms with Crippen LogP contribution in [0.5, 0.6) is 0 Å². The van der Waals surface area contributed by atoms with E-state index in [0.717, 1.165) is 0 Å². The summed E-state index contributed by atoms with van der Waals surface area (Å²) in [6.07, 6.45) is 0.280. The molecule has 0 fully saturated rings. The summed E-state index contributed by atoms with van der Waals surface area (Å²) in [4.78, 5) is 33.4. The van der Waals surface area contributed by atoms with Crippen molar-refractivity contribution in [1.82, 2.24) is 0 Å². The van der Waals surface area contributed by atoms with Crippen molar-refractivity contribution in [2.24, 2.45) is 5.92 Å². The maximum atomic E-state index is 11.4. The van der Waals surface area contributed by atoms with Crippen LogP contribution in [0.25, 0.3) is 0 Å². The van der Waals surface area contributed by atoms with Crippen molar-refractivity contribution in [3.05, 3.63) is 10.1 Å². The summed E-state index contributed by atoms with van der Waals surface area (Å²) in [6, 6.07) is 0. The lowest BCUT2D eigenvalue weighted by Crippen LogP contribution is -2.41. The van der Waals surface area contributed by atoms with Crippen LogP contribution in [-0.2, 0) is 19.1 Å². The third-order valence-corrected chi connectivity index (χ3v) is 3.36. The second kappa shape index (κ2) is 7.70. The Morgan fingerprint density at radius 3 is 2.26 bits per heavy atom.